The van der Waals surface area contributed by atoms with E-state index in [2.05, 4.69) is 4.90 Å². The fourth-order valence-corrected chi connectivity index (χ4v) is 4.49. The molecule has 0 unspecified atom stereocenters. The minimum absolute atomic E-state index is 0.0450. The molecule has 1 aromatic carbocycles. The molecule has 3 fully saturated rings. The average molecular weight is 375 g/mol. The van der Waals surface area contributed by atoms with Crippen LogP contribution in [0.3, 0.4) is 0 Å². The fraction of sp³-hybridized carbons (Fsp3) is 0.556. The van der Waals surface area contributed by atoms with Crippen LogP contribution in [0.1, 0.15) is 12.8 Å². The second-order valence-electron chi connectivity index (χ2n) is 7.27. The van der Waals surface area contributed by atoms with E-state index in [9.17, 15) is 24.8 Å². The van der Waals surface area contributed by atoms with E-state index in [1.54, 1.807) is 17.0 Å². The van der Waals surface area contributed by atoms with E-state index >= 15 is 0 Å². The Hall–Kier alpha value is -2.68. The number of anilines is 1. The summed E-state index contributed by atoms with van der Waals surface area (Å²) < 4.78 is 5.70. The maximum Gasteiger partial charge on any atom is 0.310 e. The molecule has 3 aliphatic rings. The number of hydrogen-bond donors (Lipinski definition) is 1. The van der Waals surface area contributed by atoms with Gasteiger partial charge in [-0.25, -0.2) is 0 Å². The largest absolute Gasteiger partial charge is 0.481 e. The summed E-state index contributed by atoms with van der Waals surface area (Å²) in [4.78, 5) is 38.7. The van der Waals surface area contributed by atoms with E-state index in [0.717, 1.165) is 12.1 Å². The van der Waals surface area contributed by atoms with E-state index in [0.29, 0.717) is 32.6 Å². The molecule has 4 atom stereocenters. The van der Waals surface area contributed by atoms with Crippen LogP contribution in [0.25, 0.3) is 0 Å². The van der Waals surface area contributed by atoms with Crippen molar-refractivity contribution in [2.75, 3.05) is 31.1 Å². The summed E-state index contributed by atoms with van der Waals surface area (Å²) in [7, 11) is 0. The summed E-state index contributed by atoms with van der Waals surface area (Å²) in [6.07, 6.45) is 0.826. The normalized spacial score (nSPS) is 29.8. The van der Waals surface area contributed by atoms with Crippen molar-refractivity contribution in [3.05, 3.63) is 34.4 Å². The van der Waals surface area contributed by atoms with E-state index < -0.39 is 22.7 Å². The maximum absolute atomic E-state index is 13.0. The van der Waals surface area contributed by atoms with Crippen molar-refractivity contribution in [2.24, 2.45) is 11.8 Å². The minimum atomic E-state index is -0.954. The molecule has 27 heavy (non-hydrogen) atoms. The zero-order valence-electron chi connectivity index (χ0n) is 14.7. The molecule has 0 saturated carbocycles. The third-order valence-electron chi connectivity index (χ3n) is 5.86. The molecular formula is C18H21N3O6. The van der Waals surface area contributed by atoms with Gasteiger partial charge in [-0.05, 0) is 25.0 Å². The Labute approximate surface area is 155 Å². The molecule has 9 nitrogen and oxygen atoms in total. The molecule has 1 aromatic rings. The van der Waals surface area contributed by atoms with E-state index in [1.165, 1.54) is 12.1 Å². The number of non-ortho nitro benzene ring substituents is 1. The van der Waals surface area contributed by atoms with Gasteiger partial charge in [-0.3, -0.25) is 19.7 Å². The second kappa shape index (κ2) is 6.80. The number of nitro groups is 1. The maximum atomic E-state index is 13.0. The molecule has 0 aromatic heterocycles. The van der Waals surface area contributed by atoms with Crippen molar-refractivity contribution in [3.63, 3.8) is 0 Å². The Bertz CT molecular complexity index is 759. The number of rotatable bonds is 4. The molecule has 1 N–H and O–H groups in total. The van der Waals surface area contributed by atoms with Gasteiger partial charge >= 0.3 is 5.97 Å². The molecule has 0 radical (unpaired) electrons. The molecule has 1 amide bonds. The van der Waals surface area contributed by atoms with Gasteiger partial charge < -0.3 is 19.6 Å². The van der Waals surface area contributed by atoms with E-state index in [1.807, 2.05) is 0 Å². The number of carbonyl (C=O) groups is 2. The number of fused-ring (bicyclic) bond motifs is 2. The van der Waals surface area contributed by atoms with Gasteiger partial charge in [0.2, 0.25) is 5.91 Å². The van der Waals surface area contributed by atoms with Crippen molar-refractivity contribution >= 4 is 23.3 Å². The van der Waals surface area contributed by atoms with Crippen molar-refractivity contribution in [1.29, 1.82) is 0 Å². The number of nitro benzene ring substituents is 1. The van der Waals surface area contributed by atoms with Gasteiger partial charge in [0.15, 0.2) is 0 Å². The van der Waals surface area contributed by atoms with Gasteiger partial charge in [0.1, 0.15) is 0 Å². The number of amides is 1. The Morgan fingerprint density at radius 3 is 2.19 bits per heavy atom. The van der Waals surface area contributed by atoms with Gasteiger partial charge in [-0.15, -0.1) is 0 Å². The Kier molecular flexibility index (Phi) is 4.47. The Morgan fingerprint density at radius 2 is 1.63 bits per heavy atom. The first kappa shape index (κ1) is 17.7. The number of piperazine rings is 1. The van der Waals surface area contributed by atoms with Gasteiger partial charge in [0, 0.05) is 44.0 Å². The Balaban J connectivity index is 1.39. The highest BCUT2D eigenvalue weighted by Crippen LogP contribution is 2.44. The molecule has 144 valence electrons. The lowest BCUT2D eigenvalue weighted by Gasteiger charge is -2.38. The van der Waals surface area contributed by atoms with Crippen LogP contribution in [0.4, 0.5) is 11.4 Å². The molecule has 4 rings (SSSR count). The molecule has 2 bridgehead atoms. The third-order valence-corrected chi connectivity index (χ3v) is 5.86. The van der Waals surface area contributed by atoms with Gasteiger partial charge in [0.25, 0.3) is 5.69 Å². The van der Waals surface area contributed by atoms with Gasteiger partial charge in [-0.2, -0.15) is 0 Å². The van der Waals surface area contributed by atoms with Crippen LogP contribution in [0.2, 0.25) is 0 Å². The van der Waals surface area contributed by atoms with Crippen LogP contribution >= 0.6 is 0 Å². The first-order valence-electron chi connectivity index (χ1n) is 9.12. The molecule has 3 aliphatic heterocycles. The van der Waals surface area contributed by atoms with Crippen LogP contribution in [0.5, 0.6) is 0 Å². The lowest BCUT2D eigenvalue weighted by molar-refractivity contribution is -0.384. The monoisotopic (exact) mass is 375 g/mol. The van der Waals surface area contributed by atoms with Crippen molar-refractivity contribution in [3.8, 4) is 0 Å². The third kappa shape index (κ3) is 3.12. The average Bonchev–Trinajstić information content (AvgIpc) is 3.29. The SMILES string of the molecule is O=C(O)[C@@H]1[C@@H](C(=O)N2CCN(c3ccc([N+](=O)[O-])cc3)CC2)[C@H]2CC[C@H]1O2. The quantitative estimate of drug-likeness (QED) is 0.620. The Morgan fingerprint density at radius 1 is 1.04 bits per heavy atom. The lowest BCUT2D eigenvalue weighted by atomic mass is 9.78. The molecule has 9 heteroatoms. The van der Waals surface area contributed by atoms with Crippen molar-refractivity contribution in [2.45, 2.75) is 25.0 Å². The number of carboxylic acid groups (broad SMARTS) is 1. The van der Waals surface area contributed by atoms with Crippen LogP contribution in [-0.4, -0.2) is 65.2 Å². The number of ether oxygens (including phenoxy) is 1. The summed E-state index contributed by atoms with van der Waals surface area (Å²) >= 11 is 0. The predicted molar refractivity (Wildman–Crippen MR) is 94.4 cm³/mol. The minimum Gasteiger partial charge on any atom is -0.481 e. The number of nitrogens with zero attached hydrogens (tertiary/aromatic N) is 3. The molecule has 0 spiro atoms. The summed E-state index contributed by atoms with van der Waals surface area (Å²) in [6.45, 7) is 2.19. The zero-order chi connectivity index (χ0) is 19.1. The van der Waals surface area contributed by atoms with Gasteiger partial charge in [-0.1, -0.05) is 0 Å². The first-order valence-corrected chi connectivity index (χ1v) is 9.12. The van der Waals surface area contributed by atoms with Crippen LogP contribution in [-0.2, 0) is 14.3 Å². The van der Waals surface area contributed by atoms with Gasteiger partial charge in [0.05, 0.1) is 29.0 Å². The van der Waals surface area contributed by atoms with E-state index in [4.69, 9.17) is 4.74 Å². The summed E-state index contributed by atoms with van der Waals surface area (Å²) in [6, 6.07) is 6.35. The number of carbonyl (C=O) groups excluding carboxylic acids is 1. The molecule has 3 saturated heterocycles. The molecule has 0 aliphatic carbocycles. The smallest absolute Gasteiger partial charge is 0.310 e. The first-order chi connectivity index (χ1) is 13.0. The second-order valence-corrected chi connectivity index (χ2v) is 7.27. The zero-order valence-corrected chi connectivity index (χ0v) is 14.7. The highest BCUT2D eigenvalue weighted by Gasteiger charge is 2.56. The fourth-order valence-electron chi connectivity index (χ4n) is 4.49. The van der Waals surface area contributed by atoms with Crippen molar-refractivity contribution < 1.29 is 24.4 Å². The summed E-state index contributed by atoms with van der Waals surface area (Å²) in [5.74, 6) is -2.42. The van der Waals surface area contributed by atoms with Crippen LogP contribution in [0.15, 0.2) is 24.3 Å². The number of carboxylic acids is 1. The standard InChI is InChI=1S/C18H21N3O6/c22-17(15-13-5-6-14(27-13)16(15)18(23)24)20-9-7-19(8-10-20)11-1-3-12(4-2-11)21(25)26/h1-4,13-16H,5-10H2,(H,23,24)/t13-,14-,15+,16+/m1/s1. The summed E-state index contributed by atoms with van der Waals surface area (Å²) in [5.41, 5.74) is 0.919. The summed E-state index contributed by atoms with van der Waals surface area (Å²) in [5, 5.41) is 20.3. The van der Waals surface area contributed by atoms with Crippen LogP contribution < -0.4 is 4.90 Å². The highest BCUT2D eigenvalue weighted by atomic mass is 16.6. The topological polar surface area (TPSA) is 113 Å². The molecular weight excluding hydrogens is 354 g/mol. The molecule has 3 heterocycles. The van der Waals surface area contributed by atoms with Crippen molar-refractivity contribution in [1.82, 2.24) is 4.90 Å². The number of hydrogen-bond acceptors (Lipinski definition) is 6. The van der Waals surface area contributed by atoms with E-state index in [-0.39, 0.29) is 23.8 Å². The lowest BCUT2D eigenvalue weighted by Crippen LogP contribution is -2.53. The van der Waals surface area contributed by atoms with Crippen LogP contribution in [0, 0.1) is 22.0 Å². The number of aliphatic carboxylic acids is 1. The highest BCUT2D eigenvalue weighted by molar-refractivity contribution is 5.86. The number of benzene rings is 1. The predicted octanol–water partition coefficient (Wildman–Crippen LogP) is 1.12.